The van der Waals surface area contributed by atoms with Gasteiger partial charge in [0.15, 0.2) is 0 Å². The van der Waals surface area contributed by atoms with Crippen molar-refractivity contribution in [2.45, 2.75) is 45.2 Å². The van der Waals surface area contributed by atoms with E-state index in [9.17, 15) is 9.59 Å². The van der Waals surface area contributed by atoms with Gasteiger partial charge in [-0.15, -0.1) is 0 Å². The largest absolute Gasteiger partial charge is 0.383 e. The van der Waals surface area contributed by atoms with Gasteiger partial charge in [-0.1, -0.05) is 0 Å². The Balaban J connectivity index is 2.09. The number of hydrogen-bond donors (Lipinski definition) is 2. The molecule has 0 aliphatic carbocycles. The molecule has 6 heteroatoms. The van der Waals surface area contributed by atoms with Gasteiger partial charge in [0.1, 0.15) is 6.04 Å². The summed E-state index contributed by atoms with van der Waals surface area (Å²) < 4.78 is 4.88. The molecule has 2 atom stereocenters. The molecular weight excluding hydrogens is 306 g/mol. The van der Waals surface area contributed by atoms with Crippen LogP contribution in [-0.4, -0.2) is 49.1 Å². The van der Waals surface area contributed by atoms with Crippen LogP contribution in [0.2, 0.25) is 0 Å². The van der Waals surface area contributed by atoms with Crippen LogP contribution >= 0.6 is 0 Å². The summed E-state index contributed by atoms with van der Waals surface area (Å²) in [4.78, 5) is 26.6. The average Bonchev–Trinajstić information content (AvgIpc) is 2.56. The van der Waals surface area contributed by atoms with Gasteiger partial charge in [0.25, 0.3) is 5.91 Å². The normalized spacial score (nSPS) is 19.0. The SMILES string of the molecule is COCC(N)C(=O)Nc1ccc(C(=O)N2CCCCC2C)cc1C. The second kappa shape index (κ2) is 8.26. The number of rotatable bonds is 5. The highest BCUT2D eigenvalue weighted by Crippen LogP contribution is 2.22. The number of carbonyl (C=O) groups is 2. The minimum Gasteiger partial charge on any atom is -0.383 e. The van der Waals surface area contributed by atoms with Crippen molar-refractivity contribution in [3.8, 4) is 0 Å². The molecule has 1 aliphatic rings. The van der Waals surface area contributed by atoms with Gasteiger partial charge in [0, 0.05) is 30.9 Å². The number of anilines is 1. The number of benzene rings is 1. The molecule has 1 aromatic carbocycles. The van der Waals surface area contributed by atoms with Crippen molar-refractivity contribution >= 4 is 17.5 Å². The van der Waals surface area contributed by atoms with Gasteiger partial charge in [0.05, 0.1) is 6.61 Å². The maximum atomic E-state index is 12.7. The zero-order valence-corrected chi connectivity index (χ0v) is 14.7. The summed E-state index contributed by atoms with van der Waals surface area (Å²) in [6.07, 6.45) is 3.29. The van der Waals surface area contributed by atoms with Gasteiger partial charge in [-0.3, -0.25) is 9.59 Å². The van der Waals surface area contributed by atoms with Crippen molar-refractivity contribution in [3.05, 3.63) is 29.3 Å². The van der Waals surface area contributed by atoms with Crippen LogP contribution in [0.5, 0.6) is 0 Å². The molecule has 132 valence electrons. The fourth-order valence-electron chi connectivity index (χ4n) is 2.98. The minimum absolute atomic E-state index is 0.0549. The van der Waals surface area contributed by atoms with E-state index in [2.05, 4.69) is 12.2 Å². The van der Waals surface area contributed by atoms with E-state index in [1.54, 1.807) is 12.1 Å². The average molecular weight is 333 g/mol. The van der Waals surface area contributed by atoms with Crippen LogP contribution in [0, 0.1) is 6.92 Å². The fourth-order valence-corrected chi connectivity index (χ4v) is 2.98. The molecule has 3 N–H and O–H groups in total. The summed E-state index contributed by atoms with van der Waals surface area (Å²) in [7, 11) is 1.50. The van der Waals surface area contributed by atoms with Crippen LogP contribution < -0.4 is 11.1 Å². The number of piperidine rings is 1. The lowest BCUT2D eigenvalue weighted by Crippen LogP contribution is -2.42. The molecular formula is C18H27N3O3. The first-order valence-electron chi connectivity index (χ1n) is 8.41. The van der Waals surface area contributed by atoms with Crippen LogP contribution in [0.25, 0.3) is 0 Å². The molecule has 1 heterocycles. The third-order valence-corrected chi connectivity index (χ3v) is 4.48. The lowest BCUT2D eigenvalue weighted by molar-refractivity contribution is -0.118. The second-order valence-corrected chi connectivity index (χ2v) is 6.42. The summed E-state index contributed by atoms with van der Waals surface area (Å²) in [6, 6.07) is 4.90. The third kappa shape index (κ3) is 4.33. The van der Waals surface area contributed by atoms with Gasteiger partial charge in [-0.2, -0.15) is 0 Å². The molecule has 1 aliphatic heterocycles. The summed E-state index contributed by atoms with van der Waals surface area (Å²) in [5.74, 6) is -0.247. The number of aryl methyl sites for hydroxylation is 1. The smallest absolute Gasteiger partial charge is 0.254 e. The Morgan fingerprint density at radius 3 is 2.79 bits per heavy atom. The number of carbonyl (C=O) groups excluding carboxylic acids is 2. The van der Waals surface area contributed by atoms with E-state index in [1.165, 1.54) is 13.5 Å². The molecule has 0 spiro atoms. The van der Waals surface area contributed by atoms with Crippen molar-refractivity contribution in [1.82, 2.24) is 4.90 Å². The summed E-state index contributed by atoms with van der Waals surface area (Å²) in [6.45, 7) is 4.93. The Morgan fingerprint density at radius 2 is 2.17 bits per heavy atom. The Kier molecular flexibility index (Phi) is 6.34. The van der Waals surface area contributed by atoms with Gasteiger partial charge in [-0.25, -0.2) is 0 Å². The van der Waals surface area contributed by atoms with E-state index in [0.717, 1.165) is 24.9 Å². The molecule has 24 heavy (non-hydrogen) atoms. The molecule has 0 radical (unpaired) electrons. The molecule has 6 nitrogen and oxygen atoms in total. The van der Waals surface area contributed by atoms with Gasteiger partial charge >= 0.3 is 0 Å². The lowest BCUT2D eigenvalue weighted by Gasteiger charge is -2.33. The molecule has 1 aromatic rings. The maximum Gasteiger partial charge on any atom is 0.254 e. The topological polar surface area (TPSA) is 84.7 Å². The number of amides is 2. The van der Waals surface area contributed by atoms with Crippen LogP contribution in [0.4, 0.5) is 5.69 Å². The predicted octanol–water partition coefficient (Wildman–Crippen LogP) is 1.92. The Morgan fingerprint density at radius 1 is 1.42 bits per heavy atom. The monoisotopic (exact) mass is 333 g/mol. The molecule has 0 aromatic heterocycles. The van der Waals surface area contributed by atoms with E-state index >= 15 is 0 Å². The van der Waals surface area contributed by atoms with Crippen molar-refractivity contribution in [3.63, 3.8) is 0 Å². The van der Waals surface area contributed by atoms with Gasteiger partial charge in [-0.05, 0) is 56.9 Å². The highest BCUT2D eigenvalue weighted by atomic mass is 16.5. The van der Waals surface area contributed by atoms with Crippen molar-refractivity contribution in [1.29, 1.82) is 0 Å². The molecule has 1 fully saturated rings. The first kappa shape index (κ1) is 18.4. The van der Waals surface area contributed by atoms with E-state index < -0.39 is 6.04 Å². The molecule has 2 amide bonds. The zero-order chi connectivity index (χ0) is 17.7. The van der Waals surface area contributed by atoms with Crippen LogP contribution in [0.1, 0.15) is 42.1 Å². The number of methoxy groups -OCH3 is 1. The number of nitrogens with one attached hydrogen (secondary N) is 1. The van der Waals surface area contributed by atoms with E-state index in [4.69, 9.17) is 10.5 Å². The summed E-state index contributed by atoms with van der Waals surface area (Å²) in [5.41, 5.74) is 7.87. The van der Waals surface area contributed by atoms with Crippen LogP contribution in [-0.2, 0) is 9.53 Å². The number of nitrogens with zero attached hydrogens (tertiary/aromatic N) is 1. The number of nitrogens with two attached hydrogens (primary N) is 1. The molecule has 1 saturated heterocycles. The maximum absolute atomic E-state index is 12.7. The first-order valence-corrected chi connectivity index (χ1v) is 8.41. The molecule has 2 rings (SSSR count). The van der Waals surface area contributed by atoms with Gasteiger partial charge in [0.2, 0.25) is 5.91 Å². The van der Waals surface area contributed by atoms with Crippen LogP contribution in [0.15, 0.2) is 18.2 Å². The van der Waals surface area contributed by atoms with Crippen molar-refractivity contribution < 1.29 is 14.3 Å². The summed E-state index contributed by atoms with van der Waals surface area (Å²) >= 11 is 0. The standard InChI is InChI=1S/C18H27N3O3/c1-12-10-14(18(23)21-9-5-4-6-13(21)2)7-8-16(12)20-17(22)15(19)11-24-3/h7-8,10,13,15H,4-6,9,11,19H2,1-3H3,(H,20,22). The third-order valence-electron chi connectivity index (χ3n) is 4.48. The Labute approximate surface area is 143 Å². The molecule has 2 unspecified atom stereocenters. The second-order valence-electron chi connectivity index (χ2n) is 6.42. The zero-order valence-electron chi connectivity index (χ0n) is 14.7. The number of hydrogen-bond acceptors (Lipinski definition) is 4. The van der Waals surface area contributed by atoms with Crippen LogP contribution in [0.3, 0.4) is 0 Å². The highest BCUT2D eigenvalue weighted by Gasteiger charge is 2.24. The van der Waals surface area contributed by atoms with E-state index in [1.807, 2.05) is 17.9 Å². The highest BCUT2D eigenvalue weighted by molar-refractivity contribution is 5.98. The Hall–Kier alpha value is -1.92. The lowest BCUT2D eigenvalue weighted by atomic mass is 10.0. The number of likely N-dealkylation sites (tertiary alicyclic amines) is 1. The predicted molar refractivity (Wildman–Crippen MR) is 94.0 cm³/mol. The van der Waals surface area contributed by atoms with Crippen molar-refractivity contribution in [2.75, 3.05) is 25.6 Å². The molecule has 0 bridgehead atoms. The molecule has 0 saturated carbocycles. The Bertz CT molecular complexity index is 603. The fraction of sp³-hybridized carbons (Fsp3) is 0.556. The first-order chi connectivity index (χ1) is 11.4. The van der Waals surface area contributed by atoms with Gasteiger partial charge < -0.3 is 20.7 Å². The number of ether oxygens (including phenoxy) is 1. The minimum atomic E-state index is -0.718. The van der Waals surface area contributed by atoms with Crippen molar-refractivity contribution in [2.24, 2.45) is 5.73 Å². The van der Waals surface area contributed by atoms with E-state index in [0.29, 0.717) is 11.3 Å². The summed E-state index contributed by atoms with van der Waals surface area (Å²) in [5, 5.41) is 2.78. The quantitative estimate of drug-likeness (QED) is 0.862. The van der Waals surface area contributed by atoms with E-state index in [-0.39, 0.29) is 24.5 Å².